The third kappa shape index (κ3) is 1.09. The normalized spacial score (nSPS) is 30.1. The average Bonchev–Trinajstić information content (AvgIpc) is 2.76. The predicted molar refractivity (Wildman–Crippen MR) is 57.0 cm³/mol. The first kappa shape index (κ1) is 10.5. The quantitative estimate of drug-likeness (QED) is 0.685. The molecule has 1 unspecified atom stereocenters. The molecule has 0 spiro atoms. The van der Waals surface area contributed by atoms with Gasteiger partial charge in [-0.15, -0.1) is 0 Å². The van der Waals surface area contributed by atoms with Crippen LogP contribution in [0.15, 0.2) is 0 Å². The molecular weight excluding hydrogens is 234 g/mol. The van der Waals surface area contributed by atoms with Crippen molar-refractivity contribution in [2.24, 2.45) is 5.92 Å². The molecule has 0 N–H and O–H groups in total. The van der Waals surface area contributed by atoms with Gasteiger partial charge in [-0.2, -0.15) is 13.9 Å². The van der Waals surface area contributed by atoms with Gasteiger partial charge in [0.15, 0.2) is 5.15 Å². The number of halogens is 3. The van der Waals surface area contributed by atoms with Crippen LogP contribution in [0.4, 0.5) is 8.78 Å². The highest BCUT2D eigenvalue weighted by Crippen LogP contribution is 2.68. The van der Waals surface area contributed by atoms with E-state index in [0.29, 0.717) is 12.0 Å². The molecule has 1 fully saturated rings. The minimum absolute atomic E-state index is 0.0475. The minimum Gasteiger partial charge on any atom is -0.256 e. The van der Waals surface area contributed by atoms with Gasteiger partial charge in [-0.05, 0) is 33.1 Å². The van der Waals surface area contributed by atoms with E-state index < -0.39 is 17.4 Å². The van der Waals surface area contributed by atoms with Gasteiger partial charge in [0, 0.05) is 11.5 Å². The van der Waals surface area contributed by atoms with Gasteiger partial charge in [-0.25, -0.2) is 0 Å². The Morgan fingerprint density at radius 3 is 2.62 bits per heavy atom. The second-order valence-electron chi connectivity index (χ2n) is 5.71. The molecule has 88 valence electrons. The van der Waals surface area contributed by atoms with Gasteiger partial charge in [0.1, 0.15) is 5.69 Å². The Labute approximate surface area is 97.6 Å². The zero-order chi connectivity index (χ0) is 11.9. The Bertz CT molecular complexity index is 473. The molecule has 2 aliphatic rings. The summed E-state index contributed by atoms with van der Waals surface area (Å²) >= 11 is 5.98. The molecule has 0 amide bonds. The summed E-state index contributed by atoms with van der Waals surface area (Å²) < 4.78 is 29.5. The highest BCUT2D eigenvalue weighted by atomic mass is 35.5. The summed E-state index contributed by atoms with van der Waals surface area (Å²) in [7, 11) is 0. The smallest absolute Gasteiger partial charge is 0.256 e. The second kappa shape index (κ2) is 2.61. The van der Waals surface area contributed by atoms with E-state index in [4.69, 9.17) is 11.6 Å². The van der Waals surface area contributed by atoms with E-state index in [1.165, 1.54) is 4.68 Å². The van der Waals surface area contributed by atoms with E-state index in [2.05, 4.69) is 5.10 Å². The molecular formula is C11H13ClF2N2. The van der Waals surface area contributed by atoms with Crippen LogP contribution in [-0.2, 0) is 11.5 Å². The van der Waals surface area contributed by atoms with E-state index >= 15 is 0 Å². The lowest BCUT2D eigenvalue weighted by Gasteiger charge is -2.25. The van der Waals surface area contributed by atoms with Crippen molar-refractivity contribution in [1.82, 2.24) is 9.78 Å². The summed E-state index contributed by atoms with van der Waals surface area (Å²) in [6.45, 7) is 5.57. The Morgan fingerprint density at radius 1 is 1.44 bits per heavy atom. The molecule has 2 nitrogen and oxygen atoms in total. The third-order valence-electron chi connectivity index (χ3n) is 3.46. The molecule has 3 rings (SSSR count). The van der Waals surface area contributed by atoms with Crippen molar-refractivity contribution in [2.75, 3.05) is 0 Å². The average molecular weight is 247 g/mol. The Morgan fingerprint density at radius 2 is 2.06 bits per heavy atom. The van der Waals surface area contributed by atoms with Crippen LogP contribution in [0.25, 0.3) is 0 Å². The summed E-state index contributed by atoms with van der Waals surface area (Å²) in [5.41, 5.74) is 0.176. The van der Waals surface area contributed by atoms with Gasteiger partial charge in [0.05, 0.1) is 5.54 Å². The van der Waals surface area contributed by atoms with Crippen LogP contribution in [0, 0.1) is 5.92 Å². The second-order valence-corrected chi connectivity index (χ2v) is 6.07. The molecule has 0 bridgehead atoms. The molecule has 0 radical (unpaired) electrons. The van der Waals surface area contributed by atoms with E-state index in [-0.39, 0.29) is 16.8 Å². The fourth-order valence-electron chi connectivity index (χ4n) is 2.63. The molecule has 2 aliphatic carbocycles. The first-order chi connectivity index (χ1) is 7.24. The summed E-state index contributed by atoms with van der Waals surface area (Å²) in [5.74, 6) is -3.35. The maximum atomic E-state index is 14.1. The molecule has 1 saturated carbocycles. The fourth-order valence-corrected chi connectivity index (χ4v) is 2.93. The summed E-state index contributed by atoms with van der Waals surface area (Å²) in [4.78, 5) is 0. The SMILES string of the molecule is CC(C)(C)n1nc(Cl)c2c1C(F)(F)C1C[C@H]21. The Hall–Kier alpha value is -0.640. The summed E-state index contributed by atoms with van der Waals surface area (Å²) in [6.07, 6.45) is 0.551. The van der Waals surface area contributed by atoms with Crippen LogP contribution in [0.5, 0.6) is 0 Å². The van der Waals surface area contributed by atoms with E-state index in [1.807, 2.05) is 20.8 Å². The molecule has 2 atom stereocenters. The number of hydrogen-bond acceptors (Lipinski definition) is 1. The molecule has 1 aromatic rings. The first-order valence-electron chi connectivity index (χ1n) is 5.41. The third-order valence-corrected chi connectivity index (χ3v) is 3.73. The first-order valence-corrected chi connectivity index (χ1v) is 5.79. The van der Waals surface area contributed by atoms with Crippen molar-refractivity contribution in [3.8, 4) is 0 Å². The lowest BCUT2D eigenvalue weighted by atomic mass is 10.1. The van der Waals surface area contributed by atoms with E-state index in [1.54, 1.807) is 0 Å². The summed E-state index contributed by atoms with van der Waals surface area (Å²) in [6, 6.07) is 0. The zero-order valence-electron chi connectivity index (χ0n) is 9.39. The van der Waals surface area contributed by atoms with Crippen LogP contribution < -0.4 is 0 Å². The van der Waals surface area contributed by atoms with Crippen molar-refractivity contribution < 1.29 is 8.78 Å². The number of nitrogens with zero attached hydrogens (tertiary/aromatic N) is 2. The van der Waals surface area contributed by atoms with Crippen LogP contribution in [-0.4, -0.2) is 9.78 Å². The van der Waals surface area contributed by atoms with Crippen LogP contribution in [0.2, 0.25) is 5.15 Å². The van der Waals surface area contributed by atoms with Crippen LogP contribution in [0.1, 0.15) is 44.4 Å². The number of rotatable bonds is 0. The van der Waals surface area contributed by atoms with Crippen LogP contribution >= 0.6 is 11.6 Å². The highest BCUT2D eigenvalue weighted by Gasteiger charge is 2.67. The molecule has 0 aliphatic heterocycles. The summed E-state index contributed by atoms with van der Waals surface area (Å²) in [5, 5.41) is 4.34. The number of alkyl halides is 2. The minimum atomic E-state index is -2.76. The van der Waals surface area contributed by atoms with Crippen LogP contribution in [0.3, 0.4) is 0 Å². The monoisotopic (exact) mass is 246 g/mol. The number of fused-ring (bicyclic) bond motifs is 3. The molecule has 5 heteroatoms. The van der Waals surface area contributed by atoms with Crippen molar-refractivity contribution >= 4 is 11.6 Å². The van der Waals surface area contributed by atoms with E-state index in [9.17, 15) is 8.78 Å². The van der Waals surface area contributed by atoms with Crippen molar-refractivity contribution in [3.05, 3.63) is 16.4 Å². The molecule has 1 aromatic heterocycles. The lowest BCUT2D eigenvalue weighted by Crippen LogP contribution is -2.30. The van der Waals surface area contributed by atoms with Crippen molar-refractivity contribution in [2.45, 2.75) is 44.6 Å². The Balaban J connectivity index is 2.26. The van der Waals surface area contributed by atoms with Gasteiger partial charge in [-0.3, -0.25) is 4.68 Å². The topological polar surface area (TPSA) is 17.8 Å². The van der Waals surface area contributed by atoms with Gasteiger partial charge in [-0.1, -0.05) is 11.6 Å². The lowest BCUT2D eigenvalue weighted by molar-refractivity contribution is -0.0342. The zero-order valence-corrected chi connectivity index (χ0v) is 10.1. The van der Waals surface area contributed by atoms with Crippen molar-refractivity contribution in [1.29, 1.82) is 0 Å². The van der Waals surface area contributed by atoms with Gasteiger partial charge < -0.3 is 0 Å². The molecule has 1 heterocycles. The fraction of sp³-hybridized carbons (Fsp3) is 0.727. The van der Waals surface area contributed by atoms with Gasteiger partial charge in [0.25, 0.3) is 5.92 Å². The van der Waals surface area contributed by atoms with Gasteiger partial charge in [0.2, 0.25) is 0 Å². The number of hydrogen-bond donors (Lipinski definition) is 0. The highest BCUT2D eigenvalue weighted by molar-refractivity contribution is 6.30. The maximum absolute atomic E-state index is 14.1. The van der Waals surface area contributed by atoms with Gasteiger partial charge >= 0.3 is 0 Å². The maximum Gasteiger partial charge on any atom is 0.293 e. The largest absolute Gasteiger partial charge is 0.293 e. The van der Waals surface area contributed by atoms with Crippen molar-refractivity contribution in [3.63, 3.8) is 0 Å². The molecule has 0 saturated heterocycles. The molecule has 0 aromatic carbocycles. The predicted octanol–water partition coefficient (Wildman–Crippen LogP) is 3.50. The van der Waals surface area contributed by atoms with E-state index in [0.717, 1.165) is 0 Å². The Kier molecular flexibility index (Phi) is 1.71. The number of aromatic nitrogens is 2. The molecule has 16 heavy (non-hydrogen) atoms. The standard InChI is InChI=1S/C11H13ClF2N2/c1-10(2,3)16-8-7(9(12)15-16)5-4-6(5)11(8,13)14/h5-6H,4H2,1-3H3/t5-,6?/m0/s1.